The van der Waals surface area contributed by atoms with E-state index < -0.39 is 0 Å². The van der Waals surface area contributed by atoms with Gasteiger partial charge in [0, 0.05) is 13.0 Å². The van der Waals surface area contributed by atoms with E-state index in [1.165, 1.54) is 0 Å². The van der Waals surface area contributed by atoms with E-state index in [2.05, 4.69) is 20.9 Å². The highest BCUT2D eigenvalue weighted by Crippen LogP contribution is 2.31. The number of rotatable bonds is 2. The van der Waals surface area contributed by atoms with E-state index in [9.17, 15) is 4.79 Å². The molecule has 1 fully saturated rings. The first kappa shape index (κ1) is 13.1. The normalized spacial score (nSPS) is 25.4. The zero-order chi connectivity index (χ0) is 14.2. The summed E-state index contributed by atoms with van der Waals surface area (Å²) < 4.78 is 5.02. The fraction of sp³-hybridized carbons (Fsp3) is 0.615. The molecular weight excluding hydrogens is 260 g/mol. The van der Waals surface area contributed by atoms with Crippen LogP contribution in [0.2, 0.25) is 0 Å². The summed E-state index contributed by atoms with van der Waals surface area (Å²) in [6.45, 7) is 5.27. The van der Waals surface area contributed by atoms with Crippen LogP contribution < -0.4 is 10.6 Å². The monoisotopic (exact) mass is 278 g/mol. The van der Waals surface area contributed by atoms with E-state index in [1.54, 1.807) is 13.8 Å². The first-order valence-electron chi connectivity index (χ1n) is 6.80. The van der Waals surface area contributed by atoms with Gasteiger partial charge in [-0.25, -0.2) is 0 Å². The number of carbonyl (C=O) groups is 1. The Morgan fingerprint density at radius 1 is 1.45 bits per heavy atom. The van der Waals surface area contributed by atoms with Crippen LogP contribution in [0.25, 0.3) is 0 Å². The molecule has 0 saturated carbocycles. The Labute approximate surface area is 116 Å². The summed E-state index contributed by atoms with van der Waals surface area (Å²) in [7, 11) is 0. The molecule has 0 bridgehead atoms. The van der Waals surface area contributed by atoms with Crippen molar-refractivity contribution in [1.29, 1.82) is 0 Å². The van der Waals surface area contributed by atoms with Gasteiger partial charge in [-0.3, -0.25) is 4.79 Å². The van der Waals surface area contributed by atoms with E-state index in [-0.39, 0.29) is 11.5 Å². The standard InChI is InChI=1S/C13H18N4O3/c1-8-11(9(2)19-16-8)15-12(18)10-6-13(20-17-10)4-3-5-14-7-13/h14H,3-7H2,1-2H3,(H,15,18). The van der Waals surface area contributed by atoms with Crippen LogP contribution in [0.3, 0.4) is 0 Å². The molecule has 108 valence electrons. The number of nitrogens with one attached hydrogen (secondary N) is 2. The van der Waals surface area contributed by atoms with Crippen molar-refractivity contribution in [2.75, 3.05) is 18.4 Å². The number of amides is 1. The number of carbonyl (C=O) groups excluding carboxylic acids is 1. The third-order valence-corrected chi connectivity index (χ3v) is 3.81. The molecule has 3 heterocycles. The van der Waals surface area contributed by atoms with Crippen LogP contribution in [-0.2, 0) is 9.63 Å². The zero-order valence-corrected chi connectivity index (χ0v) is 11.7. The number of hydrogen-bond acceptors (Lipinski definition) is 6. The van der Waals surface area contributed by atoms with Gasteiger partial charge in [0.2, 0.25) is 0 Å². The number of piperidine rings is 1. The minimum Gasteiger partial charge on any atom is -0.387 e. The number of aryl methyl sites for hydroxylation is 2. The van der Waals surface area contributed by atoms with Gasteiger partial charge in [-0.1, -0.05) is 10.3 Å². The van der Waals surface area contributed by atoms with Crippen LogP contribution in [0.1, 0.15) is 30.7 Å². The second-order valence-corrected chi connectivity index (χ2v) is 5.42. The van der Waals surface area contributed by atoms with Crippen molar-refractivity contribution in [2.45, 2.75) is 38.7 Å². The first-order valence-corrected chi connectivity index (χ1v) is 6.80. The van der Waals surface area contributed by atoms with Crippen molar-refractivity contribution >= 4 is 17.3 Å². The van der Waals surface area contributed by atoms with E-state index >= 15 is 0 Å². The predicted octanol–water partition coefficient (Wildman–Crippen LogP) is 1.13. The molecule has 2 aliphatic rings. The van der Waals surface area contributed by atoms with Crippen molar-refractivity contribution in [3.8, 4) is 0 Å². The summed E-state index contributed by atoms with van der Waals surface area (Å²) in [5.74, 6) is 0.339. The van der Waals surface area contributed by atoms with E-state index in [1.807, 2.05) is 0 Å². The van der Waals surface area contributed by atoms with Crippen LogP contribution >= 0.6 is 0 Å². The lowest BCUT2D eigenvalue weighted by molar-refractivity contribution is -0.110. The highest BCUT2D eigenvalue weighted by atomic mass is 16.7. The average Bonchev–Trinajstić information content (AvgIpc) is 2.98. The van der Waals surface area contributed by atoms with Crippen molar-refractivity contribution < 1.29 is 14.2 Å². The first-order chi connectivity index (χ1) is 9.60. The predicted molar refractivity (Wildman–Crippen MR) is 72.6 cm³/mol. The summed E-state index contributed by atoms with van der Waals surface area (Å²) in [6.07, 6.45) is 2.50. The van der Waals surface area contributed by atoms with Crippen molar-refractivity contribution in [2.24, 2.45) is 5.16 Å². The van der Waals surface area contributed by atoms with Gasteiger partial charge >= 0.3 is 0 Å². The summed E-state index contributed by atoms with van der Waals surface area (Å²) in [5, 5.41) is 13.9. The van der Waals surface area contributed by atoms with Crippen LogP contribution in [0, 0.1) is 13.8 Å². The Balaban J connectivity index is 1.67. The van der Waals surface area contributed by atoms with Gasteiger partial charge in [0.05, 0.1) is 0 Å². The van der Waals surface area contributed by atoms with Gasteiger partial charge < -0.3 is 20.0 Å². The van der Waals surface area contributed by atoms with Crippen molar-refractivity contribution in [3.63, 3.8) is 0 Å². The maximum absolute atomic E-state index is 12.2. The van der Waals surface area contributed by atoms with Crippen molar-refractivity contribution in [1.82, 2.24) is 10.5 Å². The second-order valence-electron chi connectivity index (χ2n) is 5.42. The van der Waals surface area contributed by atoms with Gasteiger partial charge in [0.1, 0.15) is 17.1 Å². The summed E-state index contributed by atoms with van der Waals surface area (Å²) in [4.78, 5) is 17.8. The quantitative estimate of drug-likeness (QED) is 0.846. The Hall–Kier alpha value is -1.89. The lowest BCUT2D eigenvalue weighted by Crippen LogP contribution is -2.46. The molecule has 1 aromatic rings. The smallest absolute Gasteiger partial charge is 0.273 e. The highest BCUT2D eigenvalue weighted by Gasteiger charge is 2.42. The fourth-order valence-electron chi connectivity index (χ4n) is 2.66. The largest absolute Gasteiger partial charge is 0.387 e. The Morgan fingerprint density at radius 3 is 2.95 bits per heavy atom. The van der Waals surface area contributed by atoms with Crippen LogP contribution in [-0.4, -0.2) is 35.5 Å². The minimum absolute atomic E-state index is 0.248. The second kappa shape index (κ2) is 4.90. The maximum Gasteiger partial charge on any atom is 0.273 e. The van der Waals surface area contributed by atoms with Crippen LogP contribution in [0.5, 0.6) is 0 Å². The third kappa shape index (κ3) is 2.29. The molecule has 0 aromatic carbocycles. The molecule has 1 atom stereocenters. The summed E-state index contributed by atoms with van der Waals surface area (Å²) >= 11 is 0. The molecular formula is C13H18N4O3. The molecule has 1 unspecified atom stereocenters. The SMILES string of the molecule is Cc1noc(C)c1NC(=O)C1=NOC2(CCCNC2)C1. The molecule has 20 heavy (non-hydrogen) atoms. The van der Waals surface area contributed by atoms with Gasteiger partial charge in [-0.05, 0) is 33.2 Å². The lowest BCUT2D eigenvalue weighted by atomic mass is 9.89. The molecule has 0 aliphatic carbocycles. The van der Waals surface area contributed by atoms with E-state index in [4.69, 9.17) is 9.36 Å². The molecule has 1 saturated heterocycles. The average molecular weight is 278 g/mol. The molecule has 1 aromatic heterocycles. The molecule has 2 N–H and O–H groups in total. The molecule has 3 rings (SSSR count). The minimum atomic E-state index is -0.344. The third-order valence-electron chi connectivity index (χ3n) is 3.81. The van der Waals surface area contributed by atoms with Gasteiger partial charge in [0.15, 0.2) is 11.4 Å². The van der Waals surface area contributed by atoms with Crippen LogP contribution in [0.4, 0.5) is 5.69 Å². The molecule has 1 amide bonds. The number of oxime groups is 1. The van der Waals surface area contributed by atoms with Gasteiger partial charge in [-0.2, -0.15) is 0 Å². The number of anilines is 1. The Kier molecular flexibility index (Phi) is 3.21. The molecule has 2 aliphatic heterocycles. The van der Waals surface area contributed by atoms with Gasteiger partial charge in [-0.15, -0.1) is 0 Å². The van der Waals surface area contributed by atoms with Crippen LogP contribution in [0.15, 0.2) is 9.68 Å². The number of hydrogen-bond donors (Lipinski definition) is 2. The van der Waals surface area contributed by atoms with E-state index in [0.29, 0.717) is 29.3 Å². The summed E-state index contributed by atoms with van der Waals surface area (Å²) in [6, 6.07) is 0. The molecule has 7 heteroatoms. The molecule has 0 radical (unpaired) electrons. The maximum atomic E-state index is 12.2. The zero-order valence-electron chi connectivity index (χ0n) is 11.7. The number of nitrogens with zero attached hydrogens (tertiary/aromatic N) is 2. The van der Waals surface area contributed by atoms with Crippen molar-refractivity contribution in [3.05, 3.63) is 11.5 Å². The summed E-state index contributed by atoms with van der Waals surface area (Å²) in [5.41, 5.74) is 1.35. The highest BCUT2D eigenvalue weighted by molar-refractivity contribution is 6.43. The lowest BCUT2D eigenvalue weighted by Gasteiger charge is -2.30. The Morgan fingerprint density at radius 2 is 2.30 bits per heavy atom. The topological polar surface area (TPSA) is 88.8 Å². The Bertz CT molecular complexity index is 538. The molecule has 1 spiro atoms. The van der Waals surface area contributed by atoms with E-state index in [0.717, 1.165) is 25.9 Å². The number of aromatic nitrogens is 1. The fourth-order valence-corrected chi connectivity index (χ4v) is 2.66. The van der Waals surface area contributed by atoms with Gasteiger partial charge in [0.25, 0.3) is 5.91 Å². The molecule has 7 nitrogen and oxygen atoms in total.